The van der Waals surface area contributed by atoms with E-state index in [1.807, 2.05) is 0 Å². The molecule has 1 heterocycles. The normalized spacial score (nSPS) is 21.0. The van der Waals surface area contributed by atoms with Crippen LogP contribution in [0.25, 0.3) is 0 Å². The Kier molecular flexibility index (Phi) is 9.44. The summed E-state index contributed by atoms with van der Waals surface area (Å²) >= 11 is 0. The minimum Gasteiger partial charge on any atom is -0.383 e. The number of piperidine rings is 1. The van der Waals surface area contributed by atoms with E-state index in [4.69, 9.17) is 9.47 Å². The minimum atomic E-state index is 0.352. The van der Waals surface area contributed by atoms with Crippen LogP contribution in [0.3, 0.4) is 0 Å². The van der Waals surface area contributed by atoms with Crippen LogP contribution in [-0.4, -0.2) is 76.0 Å². The molecule has 0 bridgehead atoms. The highest BCUT2D eigenvalue weighted by atomic mass is 16.5. The number of methoxy groups -OCH3 is 1. The molecule has 1 atom stereocenters. The first-order chi connectivity index (χ1) is 9.61. The third-order valence-corrected chi connectivity index (χ3v) is 4.06. The predicted octanol–water partition coefficient (Wildman–Crippen LogP) is 2.09. The Morgan fingerprint density at radius 3 is 2.75 bits per heavy atom. The van der Waals surface area contributed by atoms with Crippen LogP contribution in [0.1, 0.15) is 33.1 Å². The van der Waals surface area contributed by atoms with Crippen molar-refractivity contribution in [2.45, 2.75) is 39.2 Å². The molecule has 0 aromatic heterocycles. The number of hydrogen-bond donors (Lipinski definition) is 0. The molecule has 1 fully saturated rings. The van der Waals surface area contributed by atoms with Gasteiger partial charge in [-0.05, 0) is 59.2 Å². The maximum atomic E-state index is 5.66. The molecule has 0 saturated carbocycles. The molecule has 20 heavy (non-hydrogen) atoms. The Morgan fingerprint density at radius 2 is 2.05 bits per heavy atom. The van der Waals surface area contributed by atoms with Crippen molar-refractivity contribution in [2.24, 2.45) is 5.92 Å². The Hall–Kier alpha value is -0.160. The van der Waals surface area contributed by atoms with E-state index < -0.39 is 0 Å². The van der Waals surface area contributed by atoms with E-state index in [-0.39, 0.29) is 0 Å². The van der Waals surface area contributed by atoms with Crippen molar-refractivity contribution in [3.8, 4) is 0 Å². The molecule has 0 aliphatic carbocycles. The first kappa shape index (κ1) is 17.9. The second-order valence-electron chi connectivity index (χ2n) is 6.31. The van der Waals surface area contributed by atoms with E-state index in [9.17, 15) is 0 Å². The third-order valence-electron chi connectivity index (χ3n) is 4.06. The molecule has 4 heteroatoms. The van der Waals surface area contributed by atoms with Gasteiger partial charge in [0.25, 0.3) is 0 Å². The number of nitrogens with zero attached hydrogens (tertiary/aromatic N) is 2. The van der Waals surface area contributed by atoms with Crippen molar-refractivity contribution in [1.29, 1.82) is 0 Å². The van der Waals surface area contributed by atoms with Crippen LogP contribution in [0.5, 0.6) is 0 Å². The summed E-state index contributed by atoms with van der Waals surface area (Å²) in [6.07, 6.45) is 4.39. The van der Waals surface area contributed by atoms with Crippen molar-refractivity contribution in [3.05, 3.63) is 0 Å². The van der Waals surface area contributed by atoms with Crippen LogP contribution in [0.15, 0.2) is 0 Å². The van der Waals surface area contributed by atoms with Gasteiger partial charge >= 0.3 is 0 Å². The van der Waals surface area contributed by atoms with Gasteiger partial charge in [-0.3, -0.25) is 0 Å². The van der Waals surface area contributed by atoms with Crippen LogP contribution in [-0.2, 0) is 9.47 Å². The Labute approximate surface area is 125 Å². The quantitative estimate of drug-likeness (QED) is 0.614. The fourth-order valence-corrected chi connectivity index (χ4v) is 2.77. The zero-order valence-electron chi connectivity index (χ0n) is 13.9. The molecule has 0 amide bonds. The van der Waals surface area contributed by atoms with E-state index in [1.54, 1.807) is 7.11 Å². The summed E-state index contributed by atoms with van der Waals surface area (Å²) in [5, 5.41) is 0. The van der Waals surface area contributed by atoms with Crippen LogP contribution >= 0.6 is 0 Å². The van der Waals surface area contributed by atoms with E-state index >= 15 is 0 Å². The second kappa shape index (κ2) is 10.6. The van der Waals surface area contributed by atoms with Crippen LogP contribution < -0.4 is 0 Å². The molecular weight excluding hydrogens is 252 g/mol. The summed E-state index contributed by atoms with van der Waals surface area (Å²) in [6.45, 7) is 11.7. The zero-order valence-corrected chi connectivity index (χ0v) is 13.9. The van der Waals surface area contributed by atoms with Gasteiger partial charge < -0.3 is 19.3 Å². The lowest BCUT2D eigenvalue weighted by atomic mass is 9.94. The summed E-state index contributed by atoms with van der Waals surface area (Å²) in [5.41, 5.74) is 0. The van der Waals surface area contributed by atoms with Gasteiger partial charge in [-0.25, -0.2) is 0 Å². The van der Waals surface area contributed by atoms with E-state index in [1.165, 1.54) is 38.9 Å². The van der Waals surface area contributed by atoms with Gasteiger partial charge in [-0.2, -0.15) is 0 Å². The Balaban J connectivity index is 2.13. The minimum absolute atomic E-state index is 0.352. The Bertz CT molecular complexity index is 237. The summed E-state index contributed by atoms with van der Waals surface area (Å²) < 4.78 is 10.8. The molecule has 1 saturated heterocycles. The average Bonchev–Trinajstić information content (AvgIpc) is 2.43. The lowest BCUT2D eigenvalue weighted by molar-refractivity contribution is 0.0472. The highest BCUT2D eigenvalue weighted by molar-refractivity contribution is 4.74. The van der Waals surface area contributed by atoms with Crippen molar-refractivity contribution in [1.82, 2.24) is 9.80 Å². The number of ether oxygens (including phenoxy) is 2. The van der Waals surface area contributed by atoms with Crippen molar-refractivity contribution < 1.29 is 9.47 Å². The molecule has 0 spiro atoms. The SMILES string of the molecule is COCCN(C)CCC1CCCN(CCOC(C)C)C1. The topological polar surface area (TPSA) is 24.9 Å². The van der Waals surface area contributed by atoms with Gasteiger partial charge in [-0.1, -0.05) is 0 Å². The maximum Gasteiger partial charge on any atom is 0.0596 e. The van der Waals surface area contributed by atoms with Gasteiger partial charge in [0.2, 0.25) is 0 Å². The van der Waals surface area contributed by atoms with Gasteiger partial charge in [0, 0.05) is 26.7 Å². The standard InChI is InChI=1S/C16H34N2O2/c1-15(2)20-13-11-18-8-5-6-16(14-18)7-9-17(3)10-12-19-4/h15-16H,5-14H2,1-4H3. The molecule has 0 N–H and O–H groups in total. The van der Waals surface area contributed by atoms with Crippen molar-refractivity contribution in [3.63, 3.8) is 0 Å². The smallest absolute Gasteiger partial charge is 0.0596 e. The summed E-state index contributed by atoms with van der Waals surface area (Å²) in [7, 11) is 3.96. The lowest BCUT2D eigenvalue weighted by Crippen LogP contribution is -2.39. The fourth-order valence-electron chi connectivity index (χ4n) is 2.77. The predicted molar refractivity (Wildman–Crippen MR) is 84.2 cm³/mol. The van der Waals surface area contributed by atoms with Crippen LogP contribution in [0, 0.1) is 5.92 Å². The first-order valence-corrected chi connectivity index (χ1v) is 8.13. The summed E-state index contributed by atoms with van der Waals surface area (Å²) in [5.74, 6) is 0.854. The monoisotopic (exact) mass is 286 g/mol. The van der Waals surface area contributed by atoms with E-state index in [0.29, 0.717) is 6.10 Å². The molecule has 0 aromatic carbocycles. The van der Waals surface area contributed by atoms with Crippen molar-refractivity contribution in [2.75, 3.05) is 60.1 Å². The maximum absolute atomic E-state index is 5.66. The largest absolute Gasteiger partial charge is 0.383 e. The average molecular weight is 286 g/mol. The molecule has 0 radical (unpaired) electrons. The second-order valence-corrected chi connectivity index (χ2v) is 6.31. The van der Waals surface area contributed by atoms with E-state index in [0.717, 1.165) is 32.2 Å². The van der Waals surface area contributed by atoms with E-state index in [2.05, 4.69) is 30.7 Å². The Morgan fingerprint density at radius 1 is 1.25 bits per heavy atom. The lowest BCUT2D eigenvalue weighted by Gasteiger charge is -2.33. The molecule has 120 valence electrons. The summed E-state index contributed by atoms with van der Waals surface area (Å²) in [4.78, 5) is 4.95. The van der Waals surface area contributed by atoms with Crippen LogP contribution in [0.4, 0.5) is 0 Å². The molecule has 1 aliphatic heterocycles. The van der Waals surface area contributed by atoms with Gasteiger partial charge in [0.1, 0.15) is 0 Å². The molecule has 0 aromatic rings. The van der Waals surface area contributed by atoms with Crippen molar-refractivity contribution >= 4 is 0 Å². The summed E-state index contributed by atoms with van der Waals surface area (Å²) in [6, 6.07) is 0. The number of likely N-dealkylation sites (tertiary alicyclic amines) is 1. The molecular formula is C16H34N2O2. The number of likely N-dealkylation sites (N-methyl/N-ethyl adjacent to an activating group) is 1. The highest BCUT2D eigenvalue weighted by Crippen LogP contribution is 2.19. The zero-order chi connectivity index (χ0) is 14.8. The molecule has 1 unspecified atom stereocenters. The number of hydrogen-bond acceptors (Lipinski definition) is 4. The van der Waals surface area contributed by atoms with Crippen LogP contribution in [0.2, 0.25) is 0 Å². The van der Waals surface area contributed by atoms with Gasteiger partial charge in [0.05, 0.1) is 19.3 Å². The molecule has 1 rings (SSSR count). The fraction of sp³-hybridized carbons (Fsp3) is 1.00. The first-order valence-electron chi connectivity index (χ1n) is 8.13. The van der Waals surface area contributed by atoms with Gasteiger partial charge in [0.15, 0.2) is 0 Å². The molecule has 1 aliphatic rings. The van der Waals surface area contributed by atoms with Gasteiger partial charge in [-0.15, -0.1) is 0 Å². The highest BCUT2D eigenvalue weighted by Gasteiger charge is 2.19. The number of rotatable bonds is 10. The molecule has 4 nitrogen and oxygen atoms in total. The third kappa shape index (κ3) is 8.20.